The predicted molar refractivity (Wildman–Crippen MR) is 67.8 cm³/mol. The first-order valence-electron chi connectivity index (χ1n) is 6.22. The van der Waals surface area contributed by atoms with Crippen LogP contribution in [0.5, 0.6) is 0 Å². The highest BCUT2D eigenvalue weighted by Gasteiger charge is 2.28. The van der Waals surface area contributed by atoms with E-state index >= 15 is 0 Å². The predicted octanol–water partition coefficient (Wildman–Crippen LogP) is 1.67. The van der Waals surface area contributed by atoms with E-state index in [9.17, 15) is 4.79 Å². The van der Waals surface area contributed by atoms with Crippen LogP contribution in [0.3, 0.4) is 0 Å². The van der Waals surface area contributed by atoms with E-state index in [1.165, 1.54) is 25.7 Å². The largest absolute Gasteiger partial charge is 0.343 e. The molecule has 0 radical (unpaired) electrons. The molecule has 4 heteroatoms. The van der Waals surface area contributed by atoms with Crippen LogP contribution in [-0.4, -0.2) is 37.5 Å². The molecule has 1 heterocycles. The Morgan fingerprint density at radius 3 is 2.31 bits per heavy atom. The lowest BCUT2D eigenvalue weighted by atomic mass is 9.96. The van der Waals surface area contributed by atoms with Crippen LogP contribution in [-0.2, 0) is 4.79 Å². The molecule has 16 heavy (non-hydrogen) atoms. The number of likely N-dealkylation sites (tertiary alicyclic amines) is 1. The van der Waals surface area contributed by atoms with E-state index in [2.05, 4.69) is 10.2 Å². The average Bonchev–Trinajstić information content (AvgIpc) is 3.03. The van der Waals surface area contributed by atoms with Crippen molar-refractivity contribution >= 4 is 18.3 Å². The Kier molecular flexibility index (Phi) is 5.56. The number of hydrogen-bond acceptors (Lipinski definition) is 2. The molecule has 2 rings (SSSR count). The molecule has 0 spiro atoms. The van der Waals surface area contributed by atoms with Crippen molar-refractivity contribution in [2.45, 2.75) is 32.1 Å². The molecule has 0 aromatic rings. The highest BCUT2D eigenvalue weighted by Crippen LogP contribution is 2.33. The first-order valence-corrected chi connectivity index (χ1v) is 6.22. The third-order valence-corrected chi connectivity index (χ3v) is 3.62. The van der Waals surface area contributed by atoms with E-state index in [4.69, 9.17) is 0 Å². The van der Waals surface area contributed by atoms with Crippen molar-refractivity contribution in [3.8, 4) is 0 Å². The fourth-order valence-corrected chi connectivity index (χ4v) is 2.37. The molecule has 2 aliphatic rings. The molecule has 0 bridgehead atoms. The zero-order valence-corrected chi connectivity index (χ0v) is 10.9. The Morgan fingerprint density at radius 1 is 1.19 bits per heavy atom. The van der Waals surface area contributed by atoms with Crippen LogP contribution in [0.1, 0.15) is 32.1 Å². The number of carbonyl (C=O) groups is 1. The number of halogens is 1. The molecule has 1 saturated carbocycles. The summed E-state index contributed by atoms with van der Waals surface area (Å²) in [5.74, 6) is 1.91. The summed E-state index contributed by atoms with van der Waals surface area (Å²) in [7, 11) is 2.00. The Morgan fingerprint density at radius 2 is 1.81 bits per heavy atom. The zero-order chi connectivity index (χ0) is 10.7. The molecular formula is C12H23ClN2O. The van der Waals surface area contributed by atoms with Crippen molar-refractivity contribution in [2.75, 3.05) is 26.7 Å². The summed E-state index contributed by atoms with van der Waals surface area (Å²) >= 11 is 0. The zero-order valence-electron chi connectivity index (χ0n) is 10.1. The van der Waals surface area contributed by atoms with Gasteiger partial charge in [0.2, 0.25) is 5.91 Å². The fourth-order valence-electron chi connectivity index (χ4n) is 2.37. The summed E-state index contributed by atoms with van der Waals surface area (Å²) < 4.78 is 0. The maximum atomic E-state index is 11.8. The van der Waals surface area contributed by atoms with E-state index in [0.717, 1.165) is 37.9 Å². The summed E-state index contributed by atoms with van der Waals surface area (Å²) in [6, 6.07) is 0. The Labute approximate surface area is 104 Å². The van der Waals surface area contributed by atoms with Gasteiger partial charge in [0, 0.05) is 19.5 Å². The van der Waals surface area contributed by atoms with Gasteiger partial charge in [-0.3, -0.25) is 4.79 Å². The average molecular weight is 247 g/mol. The molecule has 1 amide bonds. The molecule has 2 fully saturated rings. The molecule has 0 aromatic heterocycles. The molecule has 94 valence electrons. The van der Waals surface area contributed by atoms with Crippen LogP contribution in [0.25, 0.3) is 0 Å². The topological polar surface area (TPSA) is 32.3 Å². The van der Waals surface area contributed by atoms with Crippen LogP contribution in [0, 0.1) is 11.8 Å². The normalized spacial score (nSPS) is 21.7. The minimum Gasteiger partial charge on any atom is -0.343 e. The van der Waals surface area contributed by atoms with Gasteiger partial charge in [-0.15, -0.1) is 12.4 Å². The van der Waals surface area contributed by atoms with E-state index in [1.54, 1.807) is 0 Å². The third kappa shape index (κ3) is 3.95. The van der Waals surface area contributed by atoms with Gasteiger partial charge >= 0.3 is 0 Å². The maximum absolute atomic E-state index is 11.8. The monoisotopic (exact) mass is 246 g/mol. The van der Waals surface area contributed by atoms with Crippen LogP contribution in [0.2, 0.25) is 0 Å². The van der Waals surface area contributed by atoms with Crippen LogP contribution < -0.4 is 5.32 Å². The standard InChI is InChI=1S/C12H22N2O.ClH/c1-13-9-11-4-6-14(7-5-11)12(15)8-10-2-3-10;/h10-11,13H,2-9H2,1H3;1H. The van der Waals surface area contributed by atoms with Crippen molar-refractivity contribution in [3.05, 3.63) is 0 Å². The Hall–Kier alpha value is -0.280. The summed E-state index contributed by atoms with van der Waals surface area (Å²) in [5, 5.41) is 3.22. The van der Waals surface area contributed by atoms with Crippen LogP contribution >= 0.6 is 12.4 Å². The summed E-state index contributed by atoms with van der Waals surface area (Å²) in [6.07, 6.45) is 5.73. The second-order valence-corrected chi connectivity index (χ2v) is 5.03. The fraction of sp³-hybridized carbons (Fsp3) is 0.917. The van der Waals surface area contributed by atoms with Crippen molar-refractivity contribution in [3.63, 3.8) is 0 Å². The molecular weight excluding hydrogens is 224 g/mol. The van der Waals surface area contributed by atoms with Crippen molar-refractivity contribution in [1.29, 1.82) is 0 Å². The number of piperidine rings is 1. The van der Waals surface area contributed by atoms with Gasteiger partial charge in [0.15, 0.2) is 0 Å². The minimum absolute atomic E-state index is 0. The molecule has 1 N–H and O–H groups in total. The number of nitrogens with one attached hydrogen (secondary N) is 1. The van der Waals surface area contributed by atoms with Gasteiger partial charge in [-0.25, -0.2) is 0 Å². The number of nitrogens with zero attached hydrogens (tertiary/aromatic N) is 1. The second kappa shape index (κ2) is 6.45. The molecule has 1 aliphatic heterocycles. The number of hydrogen-bond donors (Lipinski definition) is 1. The second-order valence-electron chi connectivity index (χ2n) is 5.03. The Bertz CT molecular complexity index is 223. The highest BCUT2D eigenvalue weighted by molar-refractivity contribution is 5.85. The molecule has 0 unspecified atom stereocenters. The van der Waals surface area contributed by atoms with Crippen molar-refractivity contribution < 1.29 is 4.79 Å². The summed E-state index contributed by atoms with van der Waals surface area (Å²) in [6.45, 7) is 3.07. The van der Waals surface area contributed by atoms with E-state index in [-0.39, 0.29) is 12.4 Å². The maximum Gasteiger partial charge on any atom is 0.222 e. The summed E-state index contributed by atoms with van der Waals surface area (Å²) in [5.41, 5.74) is 0. The van der Waals surface area contributed by atoms with Gasteiger partial charge in [0.05, 0.1) is 0 Å². The van der Waals surface area contributed by atoms with E-state index < -0.39 is 0 Å². The van der Waals surface area contributed by atoms with Gasteiger partial charge in [-0.05, 0) is 51.1 Å². The molecule has 0 aromatic carbocycles. The first kappa shape index (κ1) is 13.8. The van der Waals surface area contributed by atoms with Crippen molar-refractivity contribution in [2.24, 2.45) is 11.8 Å². The van der Waals surface area contributed by atoms with E-state index in [1.807, 2.05) is 7.05 Å². The molecule has 1 aliphatic carbocycles. The Balaban J connectivity index is 0.00000128. The van der Waals surface area contributed by atoms with Gasteiger partial charge in [-0.1, -0.05) is 0 Å². The SMILES string of the molecule is CNCC1CCN(C(=O)CC2CC2)CC1.Cl. The smallest absolute Gasteiger partial charge is 0.222 e. The van der Waals surface area contributed by atoms with Gasteiger partial charge in [0.1, 0.15) is 0 Å². The van der Waals surface area contributed by atoms with E-state index in [0.29, 0.717) is 5.91 Å². The molecule has 3 nitrogen and oxygen atoms in total. The van der Waals surface area contributed by atoms with Crippen LogP contribution in [0.15, 0.2) is 0 Å². The quantitative estimate of drug-likeness (QED) is 0.819. The lowest BCUT2D eigenvalue weighted by molar-refractivity contribution is -0.132. The number of amides is 1. The minimum atomic E-state index is 0. The van der Waals surface area contributed by atoms with Gasteiger partial charge in [0.25, 0.3) is 0 Å². The van der Waals surface area contributed by atoms with Crippen molar-refractivity contribution in [1.82, 2.24) is 10.2 Å². The number of carbonyl (C=O) groups excluding carboxylic acids is 1. The highest BCUT2D eigenvalue weighted by atomic mass is 35.5. The first-order chi connectivity index (χ1) is 7.29. The lowest BCUT2D eigenvalue weighted by Crippen LogP contribution is -2.40. The van der Waals surface area contributed by atoms with Gasteiger partial charge < -0.3 is 10.2 Å². The molecule has 1 saturated heterocycles. The summed E-state index contributed by atoms with van der Waals surface area (Å²) in [4.78, 5) is 13.9. The molecule has 0 atom stereocenters. The third-order valence-electron chi connectivity index (χ3n) is 3.62. The number of rotatable bonds is 4. The lowest BCUT2D eigenvalue weighted by Gasteiger charge is -2.32. The van der Waals surface area contributed by atoms with Crippen LogP contribution in [0.4, 0.5) is 0 Å². The van der Waals surface area contributed by atoms with Gasteiger partial charge in [-0.2, -0.15) is 0 Å².